The van der Waals surface area contributed by atoms with Crippen molar-refractivity contribution < 1.29 is 13.2 Å². The molecule has 5 rings (SSSR count). The van der Waals surface area contributed by atoms with E-state index in [1.165, 1.54) is 24.3 Å². The number of rotatable bonds is 5. The van der Waals surface area contributed by atoms with E-state index >= 15 is 0 Å². The third-order valence-corrected chi connectivity index (χ3v) is 6.91. The summed E-state index contributed by atoms with van der Waals surface area (Å²) in [6.45, 7) is 3.19. The first-order chi connectivity index (χ1) is 16.2. The summed E-state index contributed by atoms with van der Waals surface area (Å²) in [7, 11) is -3.50. The van der Waals surface area contributed by atoms with Gasteiger partial charge in [0.25, 0.3) is 0 Å². The van der Waals surface area contributed by atoms with Crippen LogP contribution in [-0.4, -0.2) is 44.9 Å². The topological polar surface area (TPSA) is 131 Å². The fourth-order valence-corrected chi connectivity index (χ4v) is 5.14. The molecule has 0 aliphatic rings. The summed E-state index contributed by atoms with van der Waals surface area (Å²) in [6.07, 6.45) is 6.34. The van der Waals surface area contributed by atoms with Gasteiger partial charge >= 0.3 is 0 Å². The predicted octanol–water partition coefficient (Wildman–Crippen LogP) is 3.81. The van der Waals surface area contributed by atoms with Crippen LogP contribution in [0.15, 0.2) is 53.9 Å². The van der Waals surface area contributed by atoms with Crippen LogP contribution in [0.25, 0.3) is 26.6 Å². The fourth-order valence-electron chi connectivity index (χ4n) is 3.52. The number of nitrogens with one attached hydrogen (secondary N) is 2. The smallest absolute Gasteiger partial charge is 0.222 e. The standard InChI is InChI=1S/C22H19N7O3S2/c1-12-8-19(28-20(9-12)34(3,31)32)26-16-10-18(25-13(2)30)24-11-14(16)15-4-5-17-21(27-15)33-22-23-6-7-29(17)22/h4-11H,1-3H3,(H2,24,25,26,28,30). The maximum absolute atomic E-state index is 12.1. The Morgan fingerprint density at radius 1 is 1.09 bits per heavy atom. The minimum absolute atomic E-state index is 0.0332. The van der Waals surface area contributed by atoms with Crippen LogP contribution in [-0.2, 0) is 14.6 Å². The molecule has 0 aliphatic carbocycles. The number of fused-ring (bicyclic) bond motifs is 3. The number of thiazole rings is 1. The molecule has 0 fully saturated rings. The van der Waals surface area contributed by atoms with Crippen molar-refractivity contribution in [2.45, 2.75) is 18.9 Å². The van der Waals surface area contributed by atoms with Gasteiger partial charge < -0.3 is 10.6 Å². The van der Waals surface area contributed by atoms with Crippen LogP contribution in [0, 0.1) is 6.92 Å². The Bertz CT molecular complexity index is 1690. The van der Waals surface area contributed by atoms with Gasteiger partial charge in [0.1, 0.15) is 16.5 Å². The van der Waals surface area contributed by atoms with Crippen LogP contribution in [0.4, 0.5) is 17.3 Å². The van der Waals surface area contributed by atoms with Crippen LogP contribution in [0.2, 0.25) is 0 Å². The molecule has 172 valence electrons. The van der Waals surface area contributed by atoms with E-state index in [4.69, 9.17) is 4.98 Å². The van der Waals surface area contributed by atoms with E-state index in [1.807, 2.05) is 22.7 Å². The Morgan fingerprint density at radius 3 is 2.68 bits per heavy atom. The molecule has 0 unspecified atom stereocenters. The summed E-state index contributed by atoms with van der Waals surface area (Å²) in [5.41, 5.74) is 3.54. The molecule has 0 radical (unpaired) electrons. The molecular weight excluding hydrogens is 474 g/mol. The Balaban J connectivity index is 1.63. The van der Waals surface area contributed by atoms with Crippen molar-refractivity contribution in [3.63, 3.8) is 0 Å². The zero-order chi connectivity index (χ0) is 24.0. The first kappa shape index (κ1) is 21.9. The largest absolute Gasteiger partial charge is 0.339 e. The highest BCUT2D eigenvalue weighted by Gasteiger charge is 2.16. The third kappa shape index (κ3) is 4.20. The van der Waals surface area contributed by atoms with Gasteiger partial charge in [-0.1, -0.05) is 11.3 Å². The molecule has 0 saturated carbocycles. The monoisotopic (exact) mass is 493 g/mol. The van der Waals surface area contributed by atoms with Crippen LogP contribution < -0.4 is 10.6 Å². The number of hydrogen-bond donors (Lipinski definition) is 2. The van der Waals surface area contributed by atoms with E-state index in [0.29, 0.717) is 28.6 Å². The van der Waals surface area contributed by atoms with Crippen molar-refractivity contribution in [2.75, 3.05) is 16.9 Å². The van der Waals surface area contributed by atoms with Gasteiger partial charge in [0.15, 0.2) is 19.8 Å². The average Bonchev–Trinajstić information content (AvgIpc) is 3.33. The highest BCUT2D eigenvalue weighted by atomic mass is 32.2. The van der Waals surface area contributed by atoms with Crippen molar-refractivity contribution in [3.05, 3.63) is 54.5 Å². The summed E-state index contributed by atoms with van der Waals surface area (Å²) < 4.78 is 26.1. The van der Waals surface area contributed by atoms with Crippen molar-refractivity contribution in [3.8, 4) is 11.3 Å². The summed E-state index contributed by atoms with van der Waals surface area (Å²) >= 11 is 1.47. The number of imidazole rings is 1. The molecule has 0 aliphatic heterocycles. The number of sulfone groups is 1. The number of aromatic nitrogens is 5. The number of pyridine rings is 3. The summed E-state index contributed by atoms with van der Waals surface area (Å²) in [5.74, 6) is 0.420. The molecule has 1 amide bonds. The van der Waals surface area contributed by atoms with Gasteiger partial charge in [-0.2, -0.15) is 0 Å². The Kier molecular flexibility index (Phi) is 5.25. The zero-order valence-corrected chi connectivity index (χ0v) is 20.0. The van der Waals surface area contributed by atoms with Crippen LogP contribution >= 0.6 is 11.3 Å². The van der Waals surface area contributed by atoms with Crippen LogP contribution in [0.3, 0.4) is 0 Å². The molecule has 10 nitrogen and oxygen atoms in total. The second-order valence-electron chi connectivity index (χ2n) is 7.76. The van der Waals surface area contributed by atoms with Crippen molar-refractivity contribution in [1.82, 2.24) is 24.3 Å². The van der Waals surface area contributed by atoms with Crippen molar-refractivity contribution >= 4 is 59.7 Å². The molecule has 0 atom stereocenters. The van der Waals surface area contributed by atoms with Crippen molar-refractivity contribution in [2.24, 2.45) is 0 Å². The lowest BCUT2D eigenvalue weighted by Crippen LogP contribution is -2.09. The van der Waals surface area contributed by atoms with Crippen LogP contribution in [0.5, 0.6) is 0 Å². The average molecular weight is 494 g/mol. The van der Waals surface area contributed by atoms with E-state index in [1.54, 1.807) is 31.5 Å². The first-order valence-corrected chi connectivity index (χ1v) is 12.8. The Labute approximate surface area is 198 Å². The van der Waals surface area contributed by atoms with Crippen LogP contribution in [0.1, 0.15) is 12.5 Å². The second kappa shape index (κ2) is 8.15. The maximum atomic E-state index is 12.1. The number of nitrogens with zero attached hydrogens (tertiary/aromatic N) is 5. The summed E-state index contributed by atoms with van der Waals surface area (Å²) in [5, 5.41) is 5.82. The minimum atomic E-state index is -3.50. The highest BCUT2D eigenvalue weighted by molar-refractivity contribution is 7.90. The molecular formula is C22H19N7O3S2. The molecule has 0 spiro atoms. The molecule has 0 bridgehead atoms. The number of anilines is 3. The molecule has 2 N–H and O–H groups in total. The van der Waals surface area contributed by atoms with Gasteiger partial charge in [-0.15, -0.1) is 0 Å². The lowest BCUT2D eigenvalue weighted by Gasteiger charge is -2.14. The molecule has 12 heteroatoms. The minimum Gasteiger partial charge on any atom is -0.339 e. The number of aryl methyl sites for hydroxylation is 1. The van der Waals surface area contributed by atoms with E-state index in [0.717, 1.165) is 27.1 Å². The number of hydrogen-bond acceptors (Lipinski definition) is 9. The van der Waals surface area contributed by atoms with E-state index < -0.39 is 9.84 Å². The molecule has 0 aromatic carbocycles. The van der Waals surface area contributed by atoms with Gasteiger partial charge in [0.05, 0.1) is 16.9 Å². The number of carbonyl (C=O) groups is 1. The lowest BCUT2D eigenvalue weighted by molar-refractivity contribution is -0.114. The normalized spacial score (nSPS) is 11.7. The Morgan fingerprint density at radius 2 is 1.91 bits per heavy atom. The zero-order valence-electron chi connectivity index (χ0n) is 18.4. The van der Waals surface area contributed by atoms with Gasteiger partial charge in [-0.3, -0.25) is 9.20 Å². The third-order valence-electron chi connectivity index (χ3n) is 4.97. The quantitative estimate of drug-likeness (QED) is 0.378. The predicted molar refractivity (Wildman–Crippen MR) is 131 cm³/mol. The molecule has 5 aromatic heterocycles. The van der Waals surface area contributed by atoms with Gasteiger partial charge in [0.2, 0.25) is 5.91 Å². The molecule has 5 aromatic rings. The second-order valence-corrected chi connectivity index (χ2v) is 10.7. The number of carbonyl (C=O) groups excluding carboxylic acids is 1. The van der Waals surface area contributed by atoms with Gasteiger partial charge in [-0.05, 0) is 36.8 Å². The van der Waals surface area contributed by atoms with Crippen molar-refractivity contribution in [1.29, 1.82) is 0 Å². The van der Waals surface area contributed by atoms with E-state index in [2.05, 4.69) is 25.6 Å². The Hall–Kier alpha value is -3.90. The maximum Gasteiger partial charge on any atom is 0.222 e. The molecule has 34 heavy (non-hydrogen) atoms. The summed E-state index contributed by atoms with van der Waals surface area (Å²) in [4.78, 5) is 31.0. The van der Waals surface area contributed by atoms with Gasteiger partial charge in [0, 0.05) is 43.4 Å². The summed E-state index contributed by atoms with van der Waals surface area (Å²) in [6, 6.07) is 8.75. The highest BCUT2D eigenvalue weighted by Crippen LogP contribution is 2.33. The van der Waals surface area contributed by atoms with Gasteiger partial charge in [-0.25, -0.2) is 28.4 Å². The van der Waals surface area contributed by atoms with E-state index in [-0.39, 0.29) is 10.9 Å². The van der Waals surface area contributed by atoms with E-state index in [9.17, 15) is 13.2 Å². The fraction of sp³-hybridized carbons (Fsp3) is 0.136. The SMILES string of the molecule is CC(=O)Nc1cc(Nc2cc(C)cc(S(C)(=O)=O)n2)c(-c2ccc3c(n2)sc2nccn23)cn1. The molecule has 0 saturated heterocycles. The first-order valence-electron chi connectivity index (χ1n) is 10.1. The molecule has 5 heterocycles. The lowest BCUT2D eigenvalue weighted by atomic mass is 10.1. The number of amides is 1.